The molecule has 2 rings (SSSR count). The third-order valence-corrected chi connectivity index (χ3v) is 4.42. The number of aliphatic hydroxyl groups excluding tert-OH is 1. The molecule has 0 saturated heterocycles. The van der Waals surface area contributed by atoms with E-state index in [1.54, 1.807) is 4.57 Å². The molecule has 0 aliphatic carbocycles. The lowest BCUT2D eigenvalue weighted by Crippen LogP contribution is -2.32. The molecule has 0 aromatic carbocycles. The van der Waals surface area contributed by atoms with Crippen molar-refractivity contribution < 1.29 is 5.11 Å². The van der Waals surface area contributed by atoms with E-state index in [2.05, 4.69) is 16.9 Å². The third-order valence-electron chi connectivity index (χ3n) is 4.42. The highest BCUT2D eigenvalue weighted by Crippen LogP contribution is 2.14. The summed E-state index contributed by atoms with van der Waals surface area (Å²) in [6.45, 7) is 7.57. The van der Waals surface area contributed by atoms with Gasteiger partial charge < -0.3 is 9.67 Å². The second-order valence-corrected chi connectivity index (χ2v) is 6.16. The van der Waals surface area contributed by atoms with Gasteiger partial charge in [-0.3, -0.25) is 19.2 Å². The number of fused-ring (bicyclic) bond motifs is 1. The van der Waals surface area contributed by atoms with Crippen LogP contribution in [-0.4, -0.2) is 48.8 Å². The number of unbranched alkanes of at least 4 members (excludes halogenated alkanes) is 1. The maximum atomic E-state index is 12.3. The summed E-state index contributed by atoms with van der Waals surface area (Å²) in [4.78, 5) is 33.4. The van der Waals surface area contributed by atoms with Gasteiger partial charge in [0.1, 0.15) is 5.82 Å². The Hall–Kier alpha value is -1.93. The van der Waals surface area contributed by atoms with Gasteiger partial charge in [-0.05, 0) is 27.3 Å². The molecule has 8 nitrogen and oxygen atoms in total. The number of aromatic nitrogens is 4. The molecule has 2 aromatic rings. The number of aromatic amines is 1. The Kier molecular flexibility index (Phi) is 5.95. The zero-order chi connectivity index (χ0) is 17.9. The summed E-state index contributed by atoms with van der Waals surface area (Å²) in [5, 5.41) is 9.30. The lowest BCUT2D eigenvalue weighted by atomic mass is 10.3. The molecular weight excluding hydrogens is 310 g/mol. The molecule has 0 aliphatic heterocycles. The fraction of sp³-hybridized carbons (Fsp3) is 0.688. The molecular formula is C16H27N5O3. The molecule has 0 aliphatic rings. The van der Waals surface area contributed by atoms with Gasteiger partial charge in [0.2, 0.25) is 0 Å². The average Bonchev–Trinajstić information content (AvgIpc) is 2.92. The highest BCUT2D eigenvalue weighted by molar-refractivity contribution is 5.70. The molecule has 1 atom stereocenters. The Morgan fingerprint density at radius 1 is 1.29 bits per heavy atom. The van der Waals surface area contributed by atoms with Crippen molar-refractivity contribution in [3.05, 3.63) is 26.7 Å². The maximum Gasteiger partial charge on any atom is 0.330 e. The van der Waals surface area contributed by atoms with Crippen molar-refractivity contribution in [2.45, 2.75) is 59.3 Å². The first kappa shape index (κ1) is 18.4. The Bertz CT molecular complexity index is 804. The molecule has 2 heterocycles. The van der Waals surface area contributed by atoms with E-state index in [-0.39, 0.29) is 12.6 Å². The Morgan fingerprint density at radius 3 is 2.58 bits per heavy atom. The molecule has 0 bridgehead atoms. The number of hydrogen-bond acceptors (Lipinski definition) is 5. The van der Waals surface area contributed by atoms with Gasteiger partial charge in [-0.2, -0.15) is 0 Å². The van der Waals surface area contributed by atoms with Crippen LogP contribution in [0, 0.1) is 0 Å². The summed E-state index contributed by atoms with van der Waals surface area (Å²) in [6.07, 6.45) is 1.79. The largest absolute Gasteiger partial charge is 0.395 e. The first-order valence-electron chi connectivity index (χ1n) is 8.47. The third kappa shape index (κ3) is 3.44. The second-order valence-electron chi connectivity index (χ2n) is 6.16. The topological polar surface area (TPSA) is 96.2 Å². The molecule has 1 unspecified atom stereocenters. The van der Waals surface area contributed by atoms with E-state index >= 15 is 0 Å². The minimum Gasteiger partial charge on any atom is -0.395 e. The normalized spacial score (nSPS) is 13.1. The van der Waals surface area contributed by atoms with Gasteiger partial charge in [-0.25, -0.2) is 9.78 Å². The summed E-state index contributed by atoms with van der Waals surface area (Å²) >= 11 is 0. The van der Waals surface area contributed by atoms with Crippen LogP contribution < -0.4 is 11.2 Å². The second kappa shape index (κ2) is 7.76. The number of aliphatic hydroxyl groups is 1. The molecule has 24 heavy (non-hydrogen) atoms. The summed E-state index contributed by atoms with van der Waals surface area (Å²) in [5.74, 6) is 0.719. The lowest BCUT2D eigenvalue weighted by Gasteiger charge is -2.22. The Balaban J connectivity index is 2.60. The number of nitrogens with one attached hydrogen (secondary N) is 1. The number of likely N-dealkylation sites (N-methyl/N-ethyl adjacent to an activating group) is 1. The number of rotatable bonds is 8. The summed E-state index contributed by atoms with van der Waals surface area (Å²) < 4.78 is 3.39. The molecule has 0 fully saturated rings. The van der Waals surface area contributed by atoms with Crippen LogP contribution in [-0.2, 0) is 19.6 Å². The van der Waals surface area contributed by atoms with Crippen molar-refractivity contribution in [3.63, 3.8) is 0 Å². The van der Waals surface area contributed by atoms with E-state index in [9.17, 15) is 14.7 Å². The predicted molar refractivity (Wildman–Crippen MR) is 93.2 cm³/mol. The van der Waals surface area contributed by atoms with Gasteiger partial charge in [-0.1, -0.05) is 13.3 Å². The number of nitrogens with zero attached hydrogens (tertiary/aromatic N) is 4. The van der Waals surface area contributed by atoms with Crippen molar-refractivity contribution in [1.82, 2.24) is 24.0 Å². The number of hydrogen-bond donors (Lipinski definition) is 2. The molecule has 8 heteroatoms. The predicted octanol–water partition coefficient (Wildman–Crippen LogP) is 0.519. The fourth-order valence-corrected chi connectivity index (χ4v) is 2.72. The monoisotopic (exact) mass is 337 g/mol. The Labute approximate surface area is 140 Å². The van der Waals surface area contributed by atoms with Crippen LogP contribution in [0.1, 0.15) is 39.4 Å². The van der Waals surface area contributed by atoms with Crippen molar-refractivity contribution in [2.24, 2.45) is 0 Å². The molecule has 0 radical (unpaired) electrons. The minimum absolute atomic E-state index is 0.0179. The first-order chi connectivity index (χ1) is 11.4. The van der Waals surface area contributed by atoms with Crippen molar-refractivity contribution in [3.8, 4) is 0 Å². The minimum atomic E-state index is -0.412. The highest BCUT2D eigenvalue weighted by Gasteiger charge is 2.19. The van der Waals surface area contributed by atoms with Gasteiger partial charge >= 0.3 is 5.69 Å². The first-order valence-corrected chi connectivity index (χ1v) is 8.47. The number of aryl methyl sites for hydroxylation is 2. The number of H-pyrrole nitrogens is 1. The van der Waals surface area contributed by atoms with Gasteiger partial charge in [0.25, 0.3) is 5.56 Å². The van der Waals surface area contributed by atoms with Gasteiger partial charge in [0.15, 0.2) is 11.2 Å². The van der Waals surface area contributed by atoms with E-state index in [1.807, 2.05) is 30.4 Å². The van der Waals surface area contributed by atoms with Crippen molar-refractivity contribution in [1.29, 1.82) is 0 Å². The Morgan fingerprint density at radius 2 is 2.00 bits per heavy atom. The SMILES string of the molecule is CCCCn1c(=O)[nH]c(=O)c2c1nc(CN(C)C(C)CO)n2CC. The van der Waals surface area contributed by atoms with Crippen LogP contribution in [0.4, 0.5) is 0 Å². The van der Waals surface area contributed by atoms with Crippen molar-refractivity contribution in [2.75, 3.05) is 13.7 Å². The smallest absolute Gasteiger partial charge is 0.330 e. The summed E-state index contributed by atoms with van der Waals surface area (Å²) in [7, 11) is 1.90. The van der Waals surface area contributed by atoms with Crippen LogP contribution >= 0.6 is 0 Å². The quantitative estimate of drug-likeness (QED) is 0.732. The van der Waals surface area contributed by atoms with E-state index in [4.69, 9.17) is 0 Å². The summed E-state index contributed by atoms with van der Waals surface area (Å²) in [5.41, 5.74) is 0.0684. The molecule has 134 valence electrons. The van der Waals surface area contributed by atoms with Gasteiger partial charge in [-0.15, -0.1) is 0 Å². The molecule has 0 saturated carbocycles. The van der Waals surface area contributed by atoms with E-state index in [1.165, 1.54) is 0 Å². The molecule has 0 amide bonds. The maximum absolute atomic E-state index is 12.3. The van der Waals surface area contributed by atoms with Crippen LogP contribution in [0.15, 0.2) is 9.59 Å². The van der Waals surface area contributed by atoms with Crippen LogP contribution in [0.2, 0.25) is 0 Å². The van der Waals surface area contributed by atoms with Crippen LogP contribution in [0.3, 0.4) is 0 Å². The number of imidazole rings is 1. The van der Waals surface area contributed by atoms with E-state index < -0.39 is 11.2 Å². The summed E-state index contributed by atoms with van der Waals surface area (Å²) in [6, 6.07) is -0.0179. The average molecular weight is 337 g/mol. The molecule has 2 aromatic heterocycles. The van der Waals surface area contributed by atoms with Crippen molar-refractivity contribution >= 4 is 11.2 Å². The lowest BCUT2D eigenvalue weighted by molar-refractivity contribution is 0.150. The standard InChI is InChI=1S/C16H27N5O3/c1-5-7-8-21-14-13(15(23)18-16(21)24)20(6-2)12(17-14)9-19(4)11(3)10-22/h11,22H,5-10H2,1-4H3,(H,18,23,24). The van der Waals surface area contributed by atoms with E-state index in [0.717, 1.165) is 18.7 Å². The van der Waals surface area contributed by atoms with E-state index in [0.29, 0.717) is 30.8 Å². The fourth-order valence-electron chi connectivity index (χ4n) is 2.72. The zero-order valence-corrected chi connectivity index (χ0v) is 14.9. The molecule has 0 spiro atoms. The van der Waals surface area contributed by atoms with Gasteiger partial charge in [0, 0.05) is 19.1 Å². The van der Waals surface area contributed by atoms with Crippen LogP contribution in [0.25, 0.3) is 11.2 Å². The molecule has 2 N–H and O–H groups in total. The van der Waals surface area contributed by atoms with Crippen LogP contribution in [0.5, 0.6) is 0 Å². The highest BCUT2D eigenvalue weighted by atomic mass is 16.3. The zero-order valence-electron chi connectivity index (χ0n) is 14.9. The van der Waals surface area contributed by atoms with Gasteiger partial charge in [0.05, 0.1) is 13.2 Å².